The van der Waals surface area contributed by atoms with Crippen molar-refractivity contribution in [1.29, 1.82) is 0 Å². The Balaban J connectivity index is 0.000000400. The zero-order chi connectivity index (χ0) is 27.2. The van der Waals surface area contributed by atoms with Gasteiger partial charge in [-0.15, -0.1) is 0 Å². The second-order valence-electron chi connectivity index (χ2n) is 11.4. The first-order valence-corrected chi connectivity index (χ1v) is 11.6. The van der Waals surface area contributed by atoms with Crippen LogP contribution in [0.2, 0.25) is 0 Å². The van der Waals surface area contributed by atoms with Gasteiger partial charge in [-0.25, -0.2) is 13.2 Å². The minimum atomic E-state index is -0.871. The van der Waals surface area contributed by atoms with E-state index in [-0.39, 0.29) is 29.9 Å². The molecule has 0 aromatic heterocycles. The zero-order valence-corrected chi connectivity index (χ0v) is 22.7. The zero-order valence-electron chi connectivity index (χ0n) is 22.7. The number of carbonyl (C=O) groups is 1. The molecule has 2 aromatic rings. The highest BCUT2D eigenvalue weighted by Gasteiger charge is 2.23. The minimum Gasteiger partial charge on any atom is -0.494 e. The van der Waals surface area contributed by atoms with Crippen molar-refractivity contribution in [3.63, 3.8) is 0 Å². The van der Waals surface area contributed by atoms with Crippen LogP contribution in [0.3, 0.4) is 0 Å². The molecule has 2 rings (SSSR count). The Morgan fingerprint density at radius 1 is 0.857 bits per heavy atom. The topological polar surface area (TPSA) is 47.6 Å². The highest BCUT2D eigenvalue weighted by molar-refractivity contribution is 5.72. The molecule has 35 heavy (non-hydrogen) atoms. The molecule has 0 saturated carbocycles. The standard InChI is InChI=1S/C17H25F2NO2.C11H15FO/c1-16(2,3)12-8-7-11(14(18)15(12)19)9-20-10-13(21)22-17(4,5)6;1-11(2,3)8-5-6-10(13-4)9(12)7-8/h7-8,20H,9-10H2,1-6H3;5-7H,1-4H3. The van der Waals surface area contributed by atoms with E-state index in [1.807, 2.05) is 47.6 Å². The molecule has 4 nitrogen and oxygen atoms in total. The largest absolute Gasteiger partial charge is 0.494 e. The minimum absolute atomic E-state index is 0.0207. The molecule has 0 radical (unpaired) electrons. The van der Waals surface area contributed by atoms with Crippen LogP contribution in [-0.2, 0) is 26.9 Å². The quantitative estimate of drug-likeness (QED) is 0.462. The van der Waals surface area contributed by atoms with Gasteiger partial charge in [0.05, 0.1) is 13.7 Å². The molecule has 0 amide bonds. The summed E-state index contributed by atoms with van der Waals surface area (Å²) in [4.78, 5) is 11.5. The molecule has 0 atom stereocenters. The number of hydrogen-bond donors (Lipinski definition) is 1. The molecule has 0 unspecified atom stereocenters. The van der Waals surface area contributed by atoms with Gasteiger partial charge >= 0.3 is 5.97 Å². The van der Waals surface area contributed by atoms with E-state index < -0.39 is 28.6 Å². The van der Waals surface area contributed by atoms with E-state index >= 15 is 0 Å². The maximum atomic E-state index is 14.1. The fourth-order valence-corrected chi connectivity index (χ4v) is 3.11. The lowest BCUT2D eigenvalue weighted by Gasteiger charge is -2.21. The Labute approximate surface area is 208 Å². The number of benzene rings is 2. The summed E-state index contributed by atoms with van der Waals surface area (Å²) in [6.45, 7) is 16.9. The molecular weight excluding hydrogens is 455 g/mol. The fraction of sp³-hybridized carbons (Fsp3) is 0.536. The molecule has 0 saturated heterocycles. The summed E-state index contributed by atoms with van der Waals surface area (Å²) in [7, 11) is 1.47. The van der Waals surface area contributed by atoms with Crippen LogP contribution in [0, 0.1) is 17.5 Å². The smallest absolute Gasteiger partial charge is 0.320 e. The lowest BCUT2D eigenvalue weighted by Crippen LogP contribution is -2.31. The maximum absolute atomic E-state index is 14.1. The maximum Gasteiger partial charge on any atom is 0.320 e. The SMILES string of the molecule is CC(C)(C)OC(=O)CNCc1ccc(C(C)(C)C)c(F)c1F.COc1ccc(C(C)(C)C)cc1F. The lowest BCUT2D eigenvalue weighted by molar-refractivity contribution is -0.153. The van der Waals surface area contributed by atoms with Gasteiger partial charge in [0.2, 0.25) is 0 Å². The average Bonchev–Trinajstić information content (AvgIpc) is 2.68. The normalized spacial score (nSPS) is 12.0. The van der Waals surface area contributed by atoms with Crippen LogP contribution in [0.25, 0.3) is 0 Å². The van der Waals surface area contributed by atoms with Crippen molar-refractivity contribution in [2.45, 2.75) is 85.3 Å². The number of hydrogen-bond acceptors (Lipinski definition) is 4. The first-order chi connectivity index (χ1) is 15.9. The van der Waals surface area contributed by atoms with Crippen molar-refractivity contribution < 1.29 is 27.4 Å². The van der Waals surface area contributed by atoms with E-state index in [1.165, 1.54) is 13.2 Å². The predicted octanol–water partition coefficient (Wildman–Crippen LogP) is 6.83. The van der Waals surface area contributed by atoms with Crippen LogP contribution in [-0.4, -0.2) is 25.2 Å². The van der Waals surface area contributed by atoms with Crippen molar-refractivity contribution >= 4 is 5.97 Å². The highest BCUT2D eigenvalue weighted by atomic mass is 19.2. The molecular formula is C28H40F3NO3. The van der Waals surface area contributed by atoms with Gasteiger partial charge in [0.15, 0.2) is 23.2 Å². The van der Waals surface area contributed by atoms with Gasteiger partial charge in [-0.3, -0.25) is 4.79 Å². The van der Waals surface area contributed by atoms with E-state index in [0.29, 0.717) is 11.3 Å². The van der Waals surface area contributed by atoms with Crippen LogP contribution in [0.1, 0.15) is 79.0 Å². The fourth-order valence-electron chi connectivity index (χ4n) is 3.11. The third-order valence-electron chi connectivity index (χ3n) is 4.99. The van der Waals surface area contributed by atoms with Crippen molar-refractivity contribution in [3.8, 4) is 5.75 Å². The van der Waals surface area contributed by atoms with Gasteiger partial charge in [-0.2, -0.15) is 0 Å². The van der Waals surface area contributed by atoms with E-state index in [1.54, 1.807) is 39.0 Å². The molecule has 7 heteroatoms. The number of nitrogens with one attached hydrogen (secondary N) is 1. The van der Waals surface area contributed by atoms with Crippen LogP contribution >= 0.6 is 0 Å². The van der Waals surface area contributed by atoms with Gasteiger partial charge in [-0.05, 0) is 54.9 Å². The van der Waals surface area contributed by atoms with Gasteiger partial charge < -0.3 is 14.8 Å². The Morgan fingerprint density at radius 2 is 1.46 bits per heavy atom. The number of esters is 1. The molecule has 0 aliphatic rings. The Bertz CT molecular complexity index is 1000. The van der Waals surface area contributed by atoms with Gasteiger partial charge in [-0.1, -0.05) is 59.7 Å². The molecule has 0 aliphatic carbocycles. The summed E-state index contributed by atoms with van der Waals surface area (Å²) in [6, 6.07) is 8.21. The van der Waals surface area contributed by atoms with Crippen molar-refractivity contribution in [1.82, 2.24) is 5.32 Å². The number of rotatable bonds is 5. The summed E-state index contributed by atoms with van der Waals surface area (Å²) >= 11 is 0. The average molecular weight is 496 g/mol. The number of halogens is 3. The molecule has 0 spiro atoms. The molecule has 1 N–H and O–H groups in total. The second kappa shape index (κ2) is 11.9. The summed E-state index contributed by atoms with van der Waals surface area (Å²) in [5, 5.41) is 2.77. The molecule has 0 fully saturated rings. The molecule has 196 valence electrons. The first kappa shape index (κ1) is 30.5. The van der Waals surface area contributed by atoms with Crippen LogP contribution in [0.5, 0.6) is 5.75 Å². The third-order valence-corrected chi connectivity index (χ3v) is 4.99. The van der Waals surface area contributed by atoms with Crippen LogP contribution < -0.4 is 10.1 Å². The summed E-state index contributed by atoms with van der Waals surface area (Å²) in [5.74, 6) is -2.13. The predicted molar refractivity (Wildman–Crippen MR) is 134 cm³/mol. The van der Waals surface area contributed by atoms with Gasteiger partial charge in [0, 0.05) is 12.1 Å². The van der Waals surface area contributed by atoms with Crippen molar-refractivity contribution in [2.75, 3.05) is 13.7 Å². The van der Waals surface area contributed by atoms with E-state index in [9.17, 15) is 18.0 Å². The highest BCUT2D eigenvalue weighted by Crippen LogP contribution is 2.28. The molecule has 2 aromatic carbocycles. The number of carbonyl (C=O) groups excluding carboxylic acids is 1. The lowest BCUT2D eigenvalue weighted by atomic mass is 9.86. The Morgan fingerprint density at radius 3 is 1.91 bits per heavy atom. The molecule has 0 aliphatic heterocycles. The van der Waals surface area contributed by atoms with Crippen LogP contribution in [0.15, 0.2) is 30.3 Å². The summed E-state index contributed by atoms with van der Waals surface area (Å²) < 4.78 is 51.3. The van der Waals surface area contributed by atoms with Gasteiger partial charge in [0.1, 0.15) is 5.60 Å². The molecule has 0 heterocycles. The Hall–Kier alpha value is -2.54. The Kier molecular flexibility index (Phi) is 10.4. The van der Waals surface area contributed by atoms with Crippen LogP contribution in [0.4, 0.5) is 13.2 Å². The van der Waals surface area contributed by atoms with Crippen molar-refractivity contribution in [2.24, 2.45) is 0 Å². The van der Waals surface area contributed by atoms with E-state index in [2.05, 4.69) is 5.32 Å². The number of methoxy groups -OCH3 is 1. The summed E-state index contributed by atoms with van der Waals surface area (Å²) in [5.41, 5.74) is 0.450. The summed E-state index contributed by atoms with van der Waals surface area (Å²) in [6.07, 6.45) is 0. The molecule has 0 bridgehead atoms. The monoisotopic (exact) mass is 495 g/mol. The third kappa shape index (κ3) is 9.92. The first-order valence-electron chi connectivity index (χ1n) is 11.6. The van der Waals surface area contributed by atoms with E-state index in [4.69, 9.17) is 9.47 Å². The van der Waals surface area contributed by atoms with Crippen molar-refractivity contribution in [3.05, 3.63) is 64.5 Å². The van der Waals surface area contributed by atoms with Gasteiger partial charge in [0.25, 0.3) is 0 Å². The second-order valence-corrected chi connectivity index (χ2v) is 11.4. The van der Waals surface area contributed by atoms with E-state index in [0.717, 1.165) is 5.56 Å². The number of ether oxygens (including phenoxy) is 2.